The predicted molar refractivity (Wildman–Crippen MR) is 93.6 cm³/mol. The number of Topliss-reactive ketones (excluding diaryl/α,β-unsaturated/α-hetero) is 1. The van der Waals surface area contributed by atoms with E-state index < -0.39 is 0 Å². The van der Waals surface area contributed by atoms with Crippen molar-refractivity contribution in [3.8, 4) is 0 Å². The van der Waals surface area contributed by atoms with E-state index in [4.69, 9.17) is 0 Å². The topological polar surface area (TPSA) is 58.2 Å². The van der Waals surface area contributed by atoms with Crippen LogP contribution in [0.2, 0.25) is 0 Å². The zero-order chi connectivity index (χ0) is 16.8. The molecule has 0 saturated carbocycles. The molecule has 1 amide bonds. The van der Waals surface area contributed by atoms with Gasteiger partial charge in [0.2, 0.25) is 5.91 Å². The maximum atomic E-state index is 12.2. The molecular formula is C19H20N2O2. The average Bonchev–Trinajstić information content (AvgIpc) is 2.49. The Bertz CT molecular complexity index is 716. The third-order valence-electron chi connectivity index (χ3n) is 3.27. The largest absolute Gasteiger partial charge is 0.359 e. The molecule has 0 bridgehead atoms. The summed E-state index contributed by atoms with van der Waals surface area (Å²) in [4.78, 5) is 23.2. The van der Waals surface area contributed by atoms with Crippen LogP contribution in [-0.4, -0.2) is 11.7 Å². The number of carbonyl (C=O) groups excluding carboxylic acids is 2. The van der Waals surface area contributed by atoms with Crippen molar-refractivity contribution in [2.24, 2.45) is 0 Å². The molecule has 118 valence electrons. The summed E-state index contributed by atoms with van der Waals surface area (Å²) < 4.78 is 0. The van der Waals surface area contributed by atoms with Gasteiger partial charge in [-0.3, -0.25) is 9.59 Å². The molecule has 2 aromatic carbocycles. The second-order valence-electron chi connectivity index (χ2n) is 5.45. The molecule has 0 atom stereocenters. The number of aryl methyl sites for hydroxylation is 1. The molecule has 0 saturated heterocycles. The molecule has 0 radical (unpaired) electrons. The highest BCUT2D eigenvalue weighted by atomic mass is 16.1. The van der Waals surface area contributed by atoms with Gasteiger partial charge >= 0.3 is 0 Å². The third kappa shape index (κ3) is 5.11. The summed E-state index contributed by atoms with van der Waals surface area (Å²) in [6, 6.07) is 14.7. The van der Waals surface area contributed by atoms with Crippen molar-refractivity contribution < 1.29 is 9.59 Å². The van der Waals surface area contributed by atoms with E-state index in [-0.39, 0.29) is 18.1 Å². The van der Waals surface area contributed by atoms with E-state index in [1.807, 2.05) is 43.3 Å². The monoisotopic (exact) mass is 308 g/mol. The first-order valence-electron chi connectivity index (χ1n) is 7.36. The van der Waals surface area contributed by atoms with Gasteiger partial charge in [-0.15, -0.1) is 0 Å². The maximum absolute atomic E-state index is 12.2. The number of carbonyl (C=O) groups is 2. The average molecular weight is 308 g/mol. The SMILES string of the molecule is C=C(CC(=O)c1ccc(C)cc1)Nc1ccc(NC(C)=O)cc1. The third-order valence-corrected chi connectivity index (χ3v) is 3.27. The first-order chi connectivity index (χ1) is 10.9. The minimum absolute atomic E-state index is 0.0253. The van der Waals surface area contributed by atoms with Gasteiger partial charge in [-0.05, 0) is 31.2 Å². The molecule has 4 nitrogen and oxygen atoms in total. The normalized spacial score (nSPS) is 10.0. The molecule has 0 aliphatic carbocycles. The van der Waals surface area contributed by atoms with Crippen LogP contribution in [0.1, 0.15) is 29.3 Å². The number of benzene rings is 2. The molecule has 2 aromatic rings. The number of ketones is 1. The van der Waals surface area contributed by atoms with E-state index in [2.05, 4.69) is 17.2 Å². The number of hydrogen-bond acceptors (Lipinski definition) is 3. The molecule has 0 fully saturated rings. The van der Waals surface area contributed by atoms with Crippen LogP contribution in [0.15, 0.2) is 60.8 Å². The number of rotatable bonds is 6. The summed E-state index contributed by atoms with van der Waals surface area (Å²) in [5.41, 5.74) is 3.98. The quantitative estimate of drug-likeness (QED) is 0.788. The number of allylic oxidation sites excluding steroid dienone is 1. The van der Waals surface area contributed by atoms with Crippen molar-refractivity contribution in [2.45, 2.75) is 20.3 Å². The Kier molecular flexibility index (Phi) is 5.31. The van der Waals surface area contributed by atoms with E-state index in [1.54, 1.807) is 12.1 Å². The van der Waals surface area contributed by atoms with Crippen molar-refractivity contribution in [1.82, 2.24) is 0 Å². The van der Waals surface area contributed by atoms with Crippen molar-refractivity contribution >= 4 is 23.1 Å². The Balaban J connectivity index is 1.92. The minimum Gasteiger partial charge on any atom is -0.359 e. The van der Waals surface area contributed by atoms with Gasteiger partial charge in [0, 0.05) is 29.6 Å². The lowest BCUT2D eigenvalue weighted by molar-refractivity contribution is -0.114. The van der Waals surface area contributed by atoms with Gasteiger partial charge in [-0.25, -0.2) is 0 Å². The second kappa shape index (κ2) is 7.40. The summed E-state index contributed by atoms with van der Waals surface area (Å²) in [6.45, 7) is 7.35. The Morgan fingerprint density at radius 3 is 1.96 bits per heavy atom. The molecule has 2 rings (SSSR count). The van der Waals surface area contributed by atoms with Crippen LogP contribution in [-0.2, 0) is 4.79 Å². The van der Waals surface area contributed by atoms with E-state index in [0.717, 1.165) is 16.9 Å². The Labute approximate surface area is 136 Å². The van der Waals surface area contributed by atoms with Crippen molar-refractivity contribution in [2.75, 3.05) is 10.6 Å². The highest BCUT2D eigenvalue weighted by molar-refractivity contribution is 5.97. The fourth-order valence-corrected chi connectivity index (χ4v) is 2.12. The first-order valence-corrected chi connectivity index (χ1v) is 7.36. The smallest absolute Gasteiger partial charge is 0.221 e. The number of amides is 1. The lowest BCUT2D eigenvalue weighted by Crippen LogP contribution is -2.07. The van der Waals surface area contributed by atoms with E-state index in [0.29, 0.717) is 11.3 Å². The van der Waals surface area contributed by atoms with Gasteiger partial charge in [0.05, 0.1) is 6.42 Å². The van der Waals surface area contributed by atoms with Gasteiger partial charge in [0.25, 0.3) is 0 Å². The zero-order valence-electron chi connectivity index (χ0n) is 13.3. The summed E-state index contributed by atoms with van der Waals surface area (Å²) in [6.07, 6.45) is 0.233. The van der Waals surface area contributed by atoms with Gasteiger partial charge in [0.15, 0.2) is 5.78 Å². The van der Waals surface area contributed by atoms with Crippen LogP contribution in [0.5, 0.6) is 0 Å². The Morgan fingerprint density at radius 2 is 1.43 bits per heavy atom. The minimum atomic E-state index is -0.112. The van der Waals surface area contributed by atoms with Gasteiger partial charge in [-0.1, -0.05) is 36.4 Å². The van der Waals surface area contributed by atoms with Crippen LogP contribution in [0.3, 0.4) is 0 Å². The Hall–Kier alpha value is -2.88. The fraction of sp³-hybridized carbons (Fsp3) is 0.158. The van der Waals surface area contributed by atoms with Crippen molar-refractivity contribution in [3.63, 3.8) is 0 Å². The fourth-order valence-electron chi connectivity index (χ4n) is 2.12. The standard InChI is InChI=1S/C19H20N2O2/c1-13-4-6-16(7-5-13)19(23)12-14(2)20-17-8-10-18(11-9-17)21-15(3)22/h4-11,20H,2,12H2,1,3H3,(H,21,22). The lowest BCUT2D eigenvalue weighted by Gasteiger charge is -2.10. The van der Waals surface area contributed by atoms with Gasteiger partial charge < -0.3 is 10.6 Å². The predicted octanol–water partition coefficient (Wildman–Crippen LogP) is 4.15. The molecule has 4 heteroatoms. The molecule has 0 spiro atoms. The van der Waals surface area contributed by atoms with Crippen LogP contribution < -0.4 is 10.6 Å². The number of anilines is 2. The molecule has 0 aromatic heterocycles. The van der Waals surface area contributed by atoms with Crippen LogP contribution in [0.4, 0.5) is 11.4 Å². The first kappa shape index (κ1) is 16.5. The van der Waals surface area contributed by atoms with Gasteiger partial charge in [-0.2, -0.15) is 0 Å². The molecule has 0 aliphatic rings. The molecule has 23 heavy (non-hydrogen) atoms. The van der Waals surface area contributed by atoms with Gasteiger partial charge in [0.1, 0.15) is 0 Å². The number of nitrogens with one attached hydrogen (secondary N) is 2. The second-order valence-corrected chi connectivity index (χ2v) is 5.45. The van der Waals surface area contributed by atoms with Crippen molar-refractivity contribution in [3.05, 3.63) is 71.9 Å². The van der Waals surface area contributed by atoms with Crippen LogP contribution in [0, 0.1) is 6.92 Å². The summed E-state index contributed by atoms with van der Waals surface area (Å²) in [7, 11) is 0. The van der Waals surface area contributed by atoms with E-state index in [1.165, 1.54) is 6.92 Å². The maximum Gasteiger partial charge on any atom is 0.221 e. The molecule has 2 N–H and O–H groups in total. The molecule has 0 aliphatic heterocycles. The van der Waals surface area contributed by atoms with Crippen LogP contribution in [0.25, 0.3) is 0 Å². The van der Waals surface area contributed by atoms with E-state index >= 15 is 0 Å². The van der Waals surface area contributed by atoms with Crippen molar-refractivity contribution in [1.29, 1.82) is 0 Å². The summed E-state index contributed by atoms with van der Waals surface area (Å²) in [5.74, 6) is -0.0869. The molecule has 0 unspecified atom stereocenters. The molecular weight excluding hydrogens is 288 g/mol. The highest BCUT2D eigenvalue weighted by Gasteiger charge is 2.08. The molecule has 0 heterocycles. The number of hydrogen-bond donors (Lipinski definition) is 2. The van der Waals surface area contributed by atoms with Crippen LogP contribution >= 0.6 is 0 Å². The summed E-state index contributed by atoms with van der Waals surface area (Å²) >= 11 is 0. The van der Waals surface area contributed by atoms with E-state index in [9.17, 15) is 9.59 Å². The summed E-state index contributed by atoms with van der Waals surface area (Å²) in [5, 5.41) is 5.81. The highest BCUT2D eigenvalue weighted by Crippen LogP contribution is 2.17. The Morgan fingerprint density at radius 1 is 0.913 bits per heavy atom. The zero-order valence-corrected chi connectivity index (χ0v) is 13.3. The lowest BCUT2D eigenvalue weighted by atomic mass is 10.1.